The summed E-state index contributed by atoms with van der Waals surface area (Å²) in [5, 5.41) is 12.3. The van der Waals surface area contributed by atoms with Crippen LogP contribution in [0.25, 0.3) is 0 Å². The van der Waals surface area contributed by atoms with Crippen molar-refractivity contribution in [2.45, 2.75) is 25.9 Å². The molecule has 0 saturated heterocycles. The minimum Gasteiger partial charge on any atom is -0.489 e. The van der Waals surface area contributed by atoms with Gasteiger partial charge in [-0.15, -0.1) is 0 Å². The monoisotopic (exact) mass is 589 g/mol. The number of ether oxygens (including phenoxy) is 1. The number of benzene rings is 5. The Kier molecular flexibility index (Phi) is 8.07. The second kappa shape index (κ2) is 12.4. The van der Waals surface area contributed by atoms with E-state index in [2.05, 4.69) is 4.90 Å². The van der Waals surface area contributed by atoms with E-state index in [1.807, 2.05) is 109 Å². The number of nitro groups is 1. The Balaban J connectivity index is 1.40. The molecule has 0 unspecified atom stereocenters. The quantitative estimate of drug-likeness (QED) is 0.128. The number of rotatable bonds is 9. The zero-order valence-corrected chi connectivity index (χ0v) is 23.9. The van der Waals surface area contributed by atoms with Crippen LogP contribution in [0.4, 0.5) is 11.4 Å². The lowest BCUT2D eigenvalue weighted by Gasteiger charge is -2.46. The third kappa shape index (κ3) is 6.22. The normalized spacial score (nSPS) is 14.3. The lowest BCUT2D eigenvalue weighted by molar-refractivity contribution is -0.384. The summed E-state index contributed by atoms with van der Waals surface area (Å²) in [6.45, 7) is 1.21. The van der Waals surface area contributed by atoms with Gasteiger partial charge in [0.2, 0.25) is 0 Å². The molecule has 1 atom stereocenters. The highest BCUT2D eigenvalue weighted by molar-refractivity contribution is 6.30. The Labute approximate surface area is 254 Å². The summed E-state index contributed by atoms with van der Waals surface area (Å²) in [7, 11) is 0. The number of non-ortho nitro benzene ring substituents is 1. The van der Waals surface area contributed by atoms with Crippen molar-refractivity contribution in [3.63, 3.8) is 0 Å². The van der Waals surface area contributed by atoms with E-state index in [4.69, 9.17) is 16.3 Å². The van der Waals surface area contributed by atoms with Gasteiger partial charge in [0.1, 0.15) is 18.5 Å². The Morgan fingerprint density at radius 2 is 1.33 bits per heavy atom. The van der Waals surface area contributed by atoms with Crippen LogP contribution < -0.4 is 9.64 Å². The molecule has 1 heterocycles. The summed E-state index contributed by atoms with van der Waals surface area (Å²) in [5.74, 6) is 0.431. The molecule has 0 bridgehead atoms. The van der Waals surface area contributed by atoms with Crippen LogP contribution in [0.3, 0.4) is 0 Å². The summed E-state index contributed by atoms with van der Waals surface area (Å²) in [6, 6.07) is 39.5. The van der Waals surface area contributed by atoms with Crippen molar-refractivity contribution in [3.05, 3.63) is 170 Å². The fourth-order valence-electron chi connectivity index (χ4n) is 5.36. The first-order valence-electron chi connectivity index (χ1n) is 13.9. The van der Waals surface area contributed by atoms with E-state index in [9.17, 15) is 14.9 Å². The second-order valence-corrected chi connectivity index (χ2v) is 10.8. The van der Waals surface area contributed by atoms with Gasteiger partial charge in [0, 0.05) is 30.2 Å². The van der Waals surface area contributed by atoms with Gasteiger partial charge in [-0.1, -0.05) is 96.5 Å². The van der Waals surface area contributed by atoms with Crippen molar-refractivity contribution in [1.29, 1.82) is 0 Å². The molecule has 5 aromatic rings. The summed E-state index contributed by atoms with van der Waals surface area (Å²) < 4.78 is 6.03. The highest BCUT2D eigenvalue weighted by atomic mass is 35.5. The molecule has 0 spiro atoms. The van der Waals surface area contributed by atoms with Crippen LogP contribution >= 0.6 is 11.6 Å². The number of hydrogen-bond acceptors (Lipinski definition) is 5. The van der Waals surface area contributed by atoms with Crippen LogP contribution in [0, 0.1) is 10.1 Å². The minimum absolute atomic E-state index is 0.118. The topological polar surface area (TPSA) is 75.9 Å². The Bertz CT molecular complexity index is 1730. The van der Waals surface area contributed by atoms with Crippen LogP contribution in [-0.2, 0) is 19.7 Å². The number of anilines is 1. The van der Waals surface area contributed by atoms with E-state index in [0.29, 0.717) is 41.7 Å². The first-order valence-corrected chi connectivity index (χ1v) is 14.3. The second-order valence-electron chi connectivity index (χ2n) is 10.3. The fourth-order valence-corrected chi connectivity index (χ4v) is 5.48. The molecule has 1 aliphatic heterocycles. The van der Waals surface area contributed by atoms with Gasteiger partial charge in [-0.3, -0.25) is 14.9 Å². The SMILES string of the molecule is O=C1c2cc([N+](=O)[O-])ccc2N(Cc2ccccc2)[C@@H](c2ccc(OCc3ccc(Cl)cc3)cc2)N1Cc1ccccc1. The summed E-state index contributed by atoms with van der Waals surface area (Å²) in [4.78, 5) is 29.3. The molecule has 1 aliphatic rings. The molecule has 0 radical (unpaired) electrons. The van der Waals surface area contributed by atoms with Gasteiger partial charge in [0.25, 0.3) is 11.6 Å². The van der Waals surface area contributed by atoms with Gasteiger partial charge in [-0.05, 0) is 52.6 Å². The third-order valence-corrected chi connectivity index (χ3v) is 7.72. The van der Waals surface area contributed by atoms with Crippen molar-refractivity contribution >= 4 is 28.9 Å². The van der Waals surface area contributed by atoms with E-state index < -0.39 is 11.1 Å². The molecule has 8 heteroatoms. The van der Waals surface area contributed by atoms with Gasteiger partial charge in [-0.25, -0.2) is 0 Å². The smallest absolute Gasteiger partial charge is 0.270 e. The average Bonchev–Trinajstić information content (AvgIpc) is 3.04. The lowest BCUT2D eigenvalue weighted by Crippen LogP contribution is -2.48. The van der Waals surface area contributed by atoms with Crippen molar-refractivity contribution in [2.24, 2.45) is 0 Å². The molecule has 0 aliphatic carbocycles. The molecule has 0 N–H and O–H groups in total. The average molecular weight is 590 g/mol. The molecule has 43 heavy (non-hydrogen) atoms. The number of amides is 1. The largest absolute Gasteiger partial charge is 0.489 e. The summed E-state index contributed by atoms with van der Waals surface area (Å²) in [6.07, 6.45) is -0.479. The van der Waals surface area contributed by atoms with Gasteiger partial charge in [0.15, 0.2) is 0 Å². The molecule has 0 saturated carbocycles. The minimum atomic E-state index is -0.479. The van der Waals surface area contributed by atoms with E-state index in [1.54, 1.807) is 11.0 Å². The molecule has 5 aromatic carbocycles. The molecule has 1 amide bonds. The molecule has 6 rings (SSSR count). The predicted molar refractivity (Wildman–Crippen MR) is 167 cm³/mol. The Hall–Kier alpha value is -5.14. The number of carbonyl (C=O) groups is 1. The van der Waals surface area contributed by atoms with Crippen molar-refractivity contribution < 1.29 is 14.5 Å². The number of nitro benzene ring substituents is 1. The molecular formula is C35H28ClN3O4. The van der Waals surface area contributed by atoms with Crippen LogP contribution in [0.2, 0.25) is 5.02 Å². The number of hydrogen-bond donors (Lipinski definition) is 0. The van der Waals surface area contributed by atoms with Gasteiger partial charge in [-0.2, -0.15) is 0 Å². The molecule has 214 valence electrons. The Morgan fingerprint density at radius 3 is 1.93 bits per heavy atom. The van der Waals surface area contributed by atoms with Gasteiger partial charge < -0.3 is 14.5 Å². The number of carbonyl (C=O) groups excluding carboxylic acids is 1. The highest BCUT2D eigenvalue weighted by Crippen LogP contribution is 2.42. The van der Waals surface area contributed by atoms with Crippen LogP contribution in [0.1, 0.15) is 38.8 Å². The maximum absolute atomic E-state index is 14.2. The van der Waals surface area contributed by atoms with Crippen molar-refractivity contribution in [1.82, 2.24) is 4.90 Å². The fraction of sp³-hybridized carbons (Fsp3) is 0.114. The predicted octanol–water partition coefficient (Wildman–Crippen LogP) is 8.19. The van der Waals surface area contributed by atoms with Gasteiger partial charge in [0.05, 0.1) is 16.2 Å². The number of halogens is 1. The van der Waals surface area contributed by atoms with E-state index in [-0.39, 0.29) is 11.6 Å². The van der Waals surface area contributed by atoms with Crippen molar-refractivity contribution in [3.8, 4) is 5.75 Å². The zero-order chi connectivity index (χ0) is 29.8. The maximum atomic E-state index is 14.2. The van der Waals surface area contributed by atoms with E-state index in [0.717, 1.165) is 22.3 Å². The standard InChI is InChI=1S/C35H28ClN3O4/c36-29-15-11-27(12-16-29)24-43-31-18-13-28(14-19-31)34-37(22-25-7-3-1-4-8-25)33-20-17-30(39(41)42)21-32(33)35(40)38(34)23-26-9-5-2-6-10-26/h1-21,34H,22-24H2/t34-/m1/s1. The summed E-state index contributed by atoms with van der Waals surface area (Å²) >= 11 is 6.01. The van der Waals surface area contributed by atoms with E-state index >= 15 is 0 Å². The number of nitrogens with zero attached hydrogens (tertiary/aromatic N) is 3. The molecular weight excluding hydrogens is 562 g/mol. The van der Waals surface area contributed by atoms with Crippen molar-refractivity contribution in [2.75, 3.05) is 4.90 Å². The first kappa shape index (κ1) is 28.0. The third-order valence-electron chi connectivity index (χ3n) is 7.47. The molecule has 0 fully saturated rings. The highest BCUT2D eigenvalue weighted by Gasteiger charge is 2.39. The Morgan fingerprint density at radius 1 is 0.721 bits per heavy atom. The summed E-state index contributed by atoms with van der Waals surface area (Å²) in [5.41, 5.74) is 4.73. The van der Waals surface area contributed by atoms with Gasteiger partial charge >= 0.3 is 0 Å². The molecule has 7 nitrogen and oxygen atoms in total. The van der Waals surface area contributed by atoms with E-state index in [1.165, 1.54) is 12.1 Å². The van der Waals surface area contributed by atoms with Crippen LogP contribution in [0.5, 0.6) is 5.75 Å². The zero-order valence-electron chi connectivity index (χ0n) is 23.2. The number of fused-ring (bicyclic) bond motifs is 1. The van der Waals surface area contributed by atoms with Crippen LogP contribution in [-0.4, -0.2) is 15.7 Å². The first-order chi connectivity index (χ1) is 21.0. The molecule has 0 aromatic heterocycles. The lowest BCUT2D eigenvalue weighted by atomic mass is 9.98. The van der Waals surface area contributed by atoms with Crippen LogP contribution in [0.15, 0.2) is 127 Å². The maximum Gasteiger partial charge on any atom is 0.270 e.